The van der Waals surface area contributed by atoms with Gasteiger partial charge in [-0.3, -0.25) is 9.78 Å². The molecule has 0 aliphatic heterocycles. The van der Waals surface area contributed by atoms with E-state index in [0.29, 0.717) is 12.0 Å². The van der Waals surface area contributed by atoms with Crippen molar-refractivity contribution in [2.24, 2.45) is 5.92 Å². The Balaban J connectivity index is 1.72. The number of aromatic nitrogens is 1. The van der Waals surface area contributed by atoms with Crippen molar-refractivity contribution in [3.8, 4) is 0 Å². The largest absolute Gasteiger partial charge is 0.377 e. The second-order valence-electron chi connectivity index (χ2n) is 6.87. The lowest BCUT2D eigenvalue weighted by Crippen LogP contribution is -2.30. The normalized spacial score (nSPS) is 18.7. The van der Waals surface area contributed by atoms with Crippen molar-refractivity contribution in [2.75, 3.05) is 5.32 Å². The van der Waals surface area contributed by atoms with Crippen LogP contribution in [0.5, 0.6) is 0 Å². The summed E-state index contributed by atoms with van der Waals surface area (Å²) >= 11 is 0. The molecule has 2 aromatic carbocycles. The fraction of sp³-hybridized carbons (Fsp3) is 0.273. The van der Waals surface area contributed by atoms with E-state index >= 15 is 0 Å². The first-order valence-electron chi connectivity index (χ1n) is 9.11. The number of pyridine rings is 1. The summed E-state index contributed by atoms with van der Waals surface area (Å²) in [5, 5.41) is 4.45. The molecule has 0 saturated heterocycles. The van der Waals surface area contributed by atoms with E-state index in [2.05, 4.69) is 10.3 Å². The zero-order chi connectivity index (χ0) is 17.9. The van der Waals surface area contributed by atoms with E-state index < -0.39 is 0 Å². The molecule has 0 spiro atoms. The van der Waals surface area contributed by atoms with Gasteiger partial charge in [-0.2, -0.15) is 0 Å². The highest BCUT2D eigenvalue weighted by Crippen LogP contribution is 2.36. The molecule has 2 atom stereocenters. The number of halogens is 1. The maximum absolute atomic E-state index is 14.5. The highest BCUT2D eigenvalue weighted by Gasteiger charge is 2.32. The van der Waals surface area contributed by atoms with E-state index in [9.17, 15) is 9.18 Å². The second-order valence-corrected chi connectivity index (χ2v) is 6.87. The van der Waals surface area contributed by atoms with Gasteiger partial charge in [-0.15, -0.1) is 0 Å². The third-order valence-electron chi connectivity index (χ3n) is 5.17. The molecule has 1 N–H and O–H groups in total. The molecule has 3 aromatic rings. The molecule has 1 aromatic heterocycles. The Morgan fingerprint density at radius 3 is 2.81 bits per heavy atom. The number of carbonyl (C=O) groups excluding carboxylic acids is 1. The zero-order valence-corrected chi connectivity index (χ0v) is 14.5. The monoisotopic (exact) mass is 348 g/mol. The van der Waals surface area contributed by atoms with Crippen molar-refractivity contribution in [1.82, 2.24) is 4.98 Å². The molecule has 1 fully saturated rings. The van der Waals surface area contributed by atoms with Gasteiger partial charge in [0.1, 0.15) is 11.6 Å². The minimum Gasteiger partial charge on any atom is -0.377 e. The summed E-state index contributed by atoms with van der Waals surface area (Å²) < 4.78 is 14.5. The molecule has 1 aliphatic rings. The highest BCUT2D eigenvalue weighted by atomic mass is 19.1. The van der Waals surface area contributed by atoms with E-state index in [1.54, 1.807) is 18.3 Å². The van der Waals surface area contributed by atoms with Crippen molar-refractivity contribution in [3.63, 3.8) is 0 Å². The summed E-state index contributed by atoms with van der Waals surface area (Å²) in [5.41, 5.74) is 2.34. The third-order valence-corrected chi connectivity index (χ3v) is 5.17. The van der Waals surface area contributed by atoms with Gasteiger partial charge in [0.25, 0.3) is 0 Å². The van der Waals surface area contributed by atoms with Crippen LogP contribution >= 0.6 is 0 Å². The molecule has 0 bridgehead atoms. The average Bonchev–Trinajstić information content (AvgIpc) is 2.67. The first-order valence-corrected chi connectivity index (χ1v) is 9.11. The van der Waals surface area contributed by atoms with E-state index in [1.807, 2.05) is 36.4 Å². The molecule has 1 saturated carbocycles. The number of hydrogen-bond acceptors (Lipinski definition) is 3. The number of benzene rings is 2. The number of nitrogens with zero attached hydrogens (tertiary/aromatic N) is 1. The van der Waals surface area contributed by atoms with Gasteiger partial charge in [0.15, 0.2) is 0 Å². The number of hydrogen-bond donors (Lipinski definition) is 1. The predicted molar refractivity (Wildman–Crippen MR) is 101 cm³/mol. The van der Waals surface area contributed by atoms with Gasteiger partial charge >= 0.3 is 0 Å². The summed E-state index contributed by atoms with van der Waals surface area (Å²) in [6, 6.07) is 16.2. The van der Waals surface area contributed by atoms with Crippen LogP contribution in [0.15, 0.2) is 60.8 Å². The van der Waals surface area contributed by atoms with Crippen LogP contribution in [0, 0.1) is 11.7 Å². The lowest BCUT2D eigenvalue weighted by Gasteiger charge is -2.31. The van der Waals surface area contributed by atoms with Gasteiger partial charge in [-0.05, 0) is 43.2 Å². The summed E-state index contributed by atoms with van der Waals surface area (Å²) in [5.74, 6) is -0.254. The van der Waals surface area contributed by atoms with E-state index in [1.165, 1.54) is 6.07 Å². The Hall–Kier alpha value is -2.75. The standard InChI is InChI=1S/C22H21FN2O/c23-19-9-3-1-7-17(19)22(18-8-2-4-10-21(18)26)25-16-11-12-20-15(14-16)6-5-13-24-20/h1,3,5-7,9,11-14,18,22,25H,2,4,8,10H2. The Morgan fingerprint density at radius 2 is 1.96 bits per heavy atom. The van der Waals surface area contributed by atoms with E-state index in [-0.39, 0.29) is 23.6 Å². The number of ketones is 1. The van der Waals surface area contributed by atoms with Crippen LogP contribution in [0.4, 0.5) is 10.1 Å². The maximum Gasteiger partial charge on any atom is 0.138 e. The van der Waals surface area contributed by atoms with Crippen LogP contribution in [0.3, 0.4) is 0 Å². The minimum absolute atomic E-state index is 0.203. The summed E-state index contributed by atoms with van der Waals surface area (Å²) in [6.45, 7) is 0. The van der Waals surface area contributed by atoms with Crippen molar-refractivity contribution < 1.29 is 9.18 Å². The van der Waals surface area contributed by atoms with Gasteiger partial charge in [0.2, 0.25) is 0 Å². The van der Waals surface area contributed by atoms with Gasteiger partial charge in [0, 0.05) is 35.2 Å². The molecule has 2 unspecified atom stereocenters. The van der Waals surface area contributed by atoms with E-state index in [4.69, 9.17) is 0 Å². The number of rotatable bonds is 4. The van der Waals surface area contributed by atoms with E-state index in [0.717, 1.165) is 35.9 Å². The molecule has 1 heterocycles. The second kappa shape index (κ2) is 7.24. The minimum atomic E-state index is -0.363. The highest BCUT2D eigenvalue weighted by molar-refractivity contribution is 5.84. The molecule has 132 valence electrons. The Kier molecular flexibility index (Phi) is 4.65. The Morgan fingerprint density at radius 1 is 1.08 bits per heavy atom. The fourth-order valence-corrected chi connectivity index (χ4v) is 3.83. The number of Topliss-reactive ketones (excluding diaryl/α,β-unsaturated/α-hetero) is 1. The van der Waals surface area contributed by atoms with Crippen LogP contribution in [-0.2, 0) is 4.79 Å². The smallest absolute Gasteiger partial charge is 0.138 e. The molecule has 0 radical (unpaired) electrons. The molecule has 4 rings (SSSR count). The number of anilines is 1. The van der Waals surface area contributed by atoms with Gasteiger partial charge in [-0.1, -0.05) is 30.7 Å². The average molecular weight is 348 g/mol. The SMILES string of the molecule is O=C1CCCCC1C(Nc1ccc2ncccc2c1)c1ccccc1F. The van der Waals surface area contributed by atoms with Gasteiger partial charge in [-0.25, -0.2) is 4.39 Å². The molecule has 4 heteroatoms. The van der Waals surface area contributed by atoms with Gasteiger partial charge in [0.05, 0.1) is 11.6 Å². The molecular formula is C22H21FN2O. The van der Waals surface area contributed by atoms with Crippen molar-refractivity contribution >= 4 is 22.4 Å². The van der Waals surface area contributed by atoms with Gasteiger partial charge < -0.3 is 5.32 Å². The van der Waals surface area contributed by atoms with Crippen LogP contribution in [-0.4, -0.2) is 10.8 Å². The quantitative estimate of drug-likeness (QED) is 0.697. The molecule has 0 amide bonds. The van der Waals surface area contributed by atoms with Crippen molar-refractivity contribution in [2.45, 2.75) is 31.7 Å². The molecule has 26 heavy (non-hydrogen) atoms. The fourth-order valence-electron chi connectivity index (χ4n) is 3.83. The number of fused-ring (bicyclic) bond motifs is 1. The van der Waals surface area contributed by atoms with Crippen molar-refractivity contribution in [3.05, 3.63) is 72.2 Å². The summed E-state index contributed by atoms with van der Waals surface area (Å²) in [7, 11) is 0. The summed E-state index contributed by atoms with van der Waals surface area (Å²) in [4.78, 5) is 16.9. The first-order chi connectivity index (χ1) is 12.7. The molecular weight excluding hydrogens is 327 g/mol. The Bertz CT molecular complexity index is 940. The maximum atomic E-state index is 14.5. The summed E-state index contributed by atoms with van der Waals surface area (Å²) in [6.07, 6.45) is 5.07. The van der Waals surface area contributed by atoms with Crippen LogP contribution in [0.25, 0.3) is 10.9 Å². The predicted octanol–water partition coefficient (Wildman–Crippen LogP) is 5.29. The number of nitrogens with one attached hydrogen (secondary N) is 1. The lowest BCUT2D eigenvalue weighted by atomic mass is 9.80. The van der Waals surface area contributed by atoms with Crippen LogP contribution < -0.4 is 5.32 Å². The molecule has 3 nitrogen and oxygen atoms in total. The molecule has 1 aliphatic carbocycles. The first kappa shape index (κ1) is 16.7. The topological polar surface area (TPSA) is 42.0 Å². The number of carbonyl (C=O) groups is 1. The zero-order valence-electron chi connectivity index (χ0n) is 14.5. The van der Waals surface area contributed by atoms with Crippen molar-refractivity contribution in [1.29, 1.82) is 0 Å². The van der Waals surface area contributed by atoms with Crippen LogP contribution in [0.2, 0.25) is 0 Å². The lowest BCUT2D eigenvalue weighted by molar-refractivity contribution is -0.125. The third kappa shape index (κ3) is 3.32. The van der Waals surface area contributed by atoms with Crippen LogP contribution in [0.1, 0.15) is 37.3 Å². The Labute approximate surface area is 152 Å².